The third kappa shape index (κ3) is 5.71. The van der Waals surface area contributed by atoms with Crippen LogP contribution in [-0.2, 0) is 9.59 Å². The fraction of sp³-hybridized carbons (Fsp3) is 0.190. The number of nitrogens with zero attached hydrogens (tertiary/aromatic N) is 2. The molecular formula is C21H19ClFN5O3S. The molecule has 0 bridgehead atoms. The highest BCUT2D eigenvalue weighted by Gasteiger charge is 2.21. The molecule has 32 heavy (non-hydrogen) atoms. The number of rotatable bonds is 7. The molecule has 3 N–H and O–H groups in total. The molecule has 2 aromatic carbocycles. The number of hydrogen-bond acceptors (Lipinski definition) is 6. The first kappa shape index (κ1) is 23.4. The molecule has 0 unspecified atom stereocenters. The predicted molar refractivity (Wildman–Crippen MR) is 122 cm³/mol. The normalized spacial score (nSPS) is 11.6. The molecule has 1 atom stereocenters. The van der Waals surface area contributed by atoms with Crippen molar-refractivity contribution in [1.82, 2.24) is 15.2 Å². The largest absolute Gasteiger partial charge is 0.326 e. The Morgan fingerprint density at radius 1 is 1.19 bits per heavy atom. The van der Waals surface area contributed by atoms with Crippen molar-refractivity contribution in [3.8, 4) is 11.3 Å². The lowest BCUT2D eigenvalue weighted by Gasteiger charge is -2.14. The smallest absolute Gasteiger partial charge is 0.278 e. The second-order valence-electron chi connectivity index (χ2n) is 6.67. The number of hydrogen-bond donors (Lipinski definition) is 3. The van der Waals surface area contributed by atoms with Crippen LogP contribution in [0.4, 0.5) is 15.8 Å². The van der Waals surface area contributed by atoms with Crippen molar-refractivity contribution in [2.24, 2.45) is 0 Å². The third-order valence-corrected chi connectivity index (χ3v) is 5.80. The molecule has 0 aliphatic heterocycles. The lowest BCUT2D eigenvalue weighted by molar-refractivity contribution is -0.116. The Balaban J connectivity index is 1.78. The number of benzene rings is 2. The fourth-order valence-electron chi connectivity index (χ4n) is 2.79. The zero-order valence-corrected chi connectivity index (χ0v) is 18.7. The average molecular weight is 476 g/mol. The number of halogens is 2. The monoisotopic (exact) mass is 475 g/mol. The van der Waals surface area contributed by atoms with E-state index in [1.165, 1.54) is 19.1 Å². The van der Waals surface area contributed by atoms with E-state index in [0.29, 0.717) is 23.4 Å². The van der Waals surface area contributed by atoms with E-state index in [4.69, 9.17) is 11.6 Å². The predicted octanol–water partition coefficient (Wildman–Crippen LogP) is 4.09. The molecule has 8 nitrogen and oxygen atoms in total. The summed E-state index contributed by atoms with van der Waals surface area (Å²) in [6, 6.07) is 10.6. The summed E-state index contributed by atoms with van der Waals surface area (Å²) in [6.07, 6.45) is 0.433. The van der Waals surface area contributed by atoms with Gasteiger partial charge >= 0.3 is 0 Å². The van der Waals surface area contributed by atoms with Gasteiger partial charge in [0.15, 0.2) is 10.9 Å². The van der Waals surface area contributed by atoms with Crippen LogP contribution in [0, 0.1) is 5.82 Å². The quantitative estimate of drug-likeness (QED) is 0.443. The molecule has 166 valence electrons. The van der Waals surface area contributed by atoms with Crippen molar-refractivity contribution >= 4 is 46.6 Å². The molecule has 0 saturated heterocycles. The van der Waals surface area contributed by atoms with Gasteiger partial charge in [-0.25, -0.2) is 4.39 Å². The van der Waals surface area contributed by atoms with Crippen LogP contribution in [0.15, 0.2) is 52.4 Å². The Bertz CT molecular complexity index is 1220. The lowest BCUT2D eigenvalue weighted by atomic mass is 10.1. The standard InChI is InChI=1S/C21H19ClFN5O3S/c1-3-17(19(30)25-12-8-9-15(23)14(22)10-12)32-21-26-20(31)18(27-28-21)13-6-4-5-7-16(13)24-11(2)29/h4-10,17H,3H2,1-2H3,(H,24,29)(H,25,30)(H,26,28,31)/t17-/m0/s1. The van der Waals surface area contributed by atoms with Gasteiger partial charge in [-0.2, -0.15) is 0 Å². The second-order valence-corrected chi connectivity index (χ2v) is 8.27. The minimum Gasteiger partial charge on any atom is -0.326 e. The Hall–Kier alpha value is -3.24. The van der Waals surface area contributed by atoms with E-state index in [9.17, 15) is 18.8 Å². The molecule has 3 rings (SSSR count). The van der Waals surface area contributed by atoms with Crippen LogP contribution < -0.4 is 16.2 Å². The van der Waals surface area contributed by atoms with Gasteiger partial charge in [0, 0.05) is 18.2 Å². The summed E-state index contributed by atoms with van der Waals surface area (Å²) in [6.45, 7) is 3.17. The van der Waals surface area contributed by atoms with Crippen LogP contribution >= 0.6 is 23.4 Å². The summed E-state index contributed by atoms with van der Waals surface area (Å²) in [5.41, 5.74) is 0.734. The van der Waals surface area contributed by atoms with E-state index >= 15 is 0 Å². The minimum atomic E-state index is -0.596. The highest BCUT2D eigenvalue weighted by atomic mass is 35.5. The Labute approximate surface area is 192 Å². The number of carbonyl (C=O) groups excluding carboxylic acids is 2. The Morgan fingerprint density at radius 3 is 2.59 bits per heavy atom. The van der Waals surface area contributed by atoms with Gasteiger partial charge in [-0.1, -0.05) is 48.5 Å². The van der Waals surface area contributed by atoms with Crippen LogP contribution in [0.3, 0.4) is 0 Å². The maximum atomic E-state index is 13.3. The van der Waals surface area contributed by atoms with Crippen LogP contribution in [-0.4, -0.2) is 32.2 Å². The summed E-state index contributed by atoms with van der Waals surface area (Å²) >= 11 is 6.79. The molecule has 3 aromatic rings. The Kier molecular flexibility index (Phi) is 7.60. The molecule has 0 aliphatic rings. The van der Waals surface area contributed by atoms with Gasteiger partial charge in [-0.3, -0.25) is 19.4 Å². The van der Waals surface area contributed by atoms with E-state index in [0.717, 1.165) is 17.8 Å². The number of amides is 2. The van der Waals surface area contributed by atoms with Gasteiger partial charge in [-0.05, 0) is 30.7 Å². The summed E-state index contributed by atoms with van der Waals surface area (Å²) < 4.78 is 13.3. The molecule has 0 fully saturated rings. The maximum Gasteiger partial charge on any atom is 0.278 e. The van der Waals surface area contributed by atoms with E-state index in [1.54, 1.807) is 31.2 Å². The summed E-state index contributed by atoms with van der Waals surface area (Å²) in [5.74, 6) is -1.23. The van der Waals surface area contributed by atoms with E-state index in [-0.39, 0.29) is 27.7 Å². The lowest BCUT2D eigenvalue weighted by Crippen LogP contribution is -2.25. The van der Waals surface area contributed by atoms with Gasteiger partial charge in [-0.15, -0.1) is 10.2 Å². The zero-order chi connectivity index (χ0) is 23.3. The van der Waals surface area contributed by atoms with Gasteiger partial charge in [0.05, 0.1) is 16.0 Å². The van der Waals surface area contributed by atoms with Crippen LogP contribution in [0.2, 0.25) is 5.02 Å². The van der Waals surface area contributed by atoms with Gasteiger partial charge in [0.25, 0.3) is 5.56 Å². The van der Waals surface area contributed by atoms with Crippen molar-refractivity contribution in [2.75, 3.05) is 10.6 Å². The van der Waals surface area contributed by atoms with E-state index in [2.05, 4.69) is 25.8 Å². The third-order valence-electron chi connectivity index (χ3n) is 4.27. The zero-order valence-electron chi connectivity index (χ0n) is 17.1. The fourth-order valence-corrected chi connectivity index (χ4v) is 3.82. The number of anilines is 2. The van der Waals surface area contributed by atoms with Crippen molar-refractivity contribution in [1.29, 1.82) is 0 Å². The van der Waals surface area contributed by atoms with Crippen molar-refractivity contribution in [3.05, 3.63) is 63.7 Å². The summed E-state index contributed by atoms with van der Waals surface area (Å²) in [4.78, 5) is 39.3. The molecule has 1 heterocycles. The molecular weight excluding hydrogens is 457 g/mol. The molecule has 0 aliphatic carbocycles. The average Bonchev–Trinajstić information content (AvgIpc) is 2.75. The van der Waals surface area contributed by atoms with Crippen LogP contribution in [0.1, 0.15) is 20.3 Å². The number of nitrogens with one attached hydrogen (secondary N) is 3. The molecule has 1 aromatic heterocycles. The number of aromatic amines is 1. The first-order chi connectivity index (χ1) is 15.3. The summed E-state index contributed by atoms with van der Waals surface area (Å²) in [7, 11) is 0. The van der Waals surface area contributed by atoms with Crippen molar-refractivity contribution in [3.63, 3.8) is 0 Å². The van der Waals surface area contributed by atoms with Crippen molar-refractivity contribution < 1.29 is 14.0 Å². The SMILES string of the molecule is CC[C@H](Sc1nnc(-c2ccccc2NC(C)=O)c(=O)[nH]1)C(=O)Nc1ccc(F)c(Cl)c1. The first-order valence-corrected chi connectivity index (χ1v) is 10.8. The molecule has 0 radical (unpaired) electrons. The number of carbonyl (C=O) groups is 2. The molecule has 2 amide bonds. The number of H-pyrrole nitrogens is 1. The maximum absolute atomic E-state index is 13.3. The van der Waals surface area contributed by atoms with Gasteiger partial charge < -0.3 is 10.6 Å². The highest BCUT2D eigenvalue weighted by Crippen LogP contribution is 2.26. The van der Waals surface area contributed by atoms with E-state index in [1.807, 2.05) is 0 Å². The van der Waals surface area contributed by atoms with Gasteiger partial charge in [0.1, 0.15) is 5.82 Å². The topological polar surface area (TPSA) is 117 Å². The van der Waals surface area contributed by atoms with Gasteiger partial charge in [0.2, 0.25) is 11.8 Å². The second kappa shape index (κ2) is 10.4. The number of thioether (sulfide) groups is 1. The molecule has 0 saturated carbocycles. The van der Waals surface area contributed by atoms with Crippen molar-refractivity contribution in [2.45, 2.75) is 30.7 Å². The summed E-state index contributed by atoms with van der Waals surface area (Å²) in [5, 5.41) is 12.8. The minimum absolute atomic E-state index is 0.0390. The highest BCUT2D eigenvalue weighted by molar-refractivity contribution is 8.00. The Morgan fingerprint density at radius 2 is 1.94 bits per heavy atom. The first-order valence-electron chi connectivity index (χ1n) is 9.55. The molecule has 11 heteroatoms. The van der Waals surface area contributed by atoms with Crippen LogP contribution in [0.25, 0.3) is 11.3 Å². The molecule has 0 spiro atoms. The van der Waals surface area contributed by atoms with E-state index < -0.39 is 16.6 Å². The van der Waals surface area contributed by atoms with Crippen LogP contribution in [0.5, 0.6) is 0 Å². The number of aromatic nitrogens is 3. The number of para-hydroxylation sites is 1.